The van der Waals surface area contributed by atoms with Crippen molar-refractivity contribution >= 4 is 29.3 Å². The molecule has 0 saturated carbocycles. The Morgan fingerprint density at radius 2 is 1.96 bits per heavy atom. The van der Waals surface area contributed by atoms with Gasteiger partial charge in [0.15, 0.2) is 11.5 Å². The number of anilines is 1. The fraction of sp³-hybridized carbons (Fsp3) is 0.211. The maximum absolute atomic E-state index is 12.2. The number of fused-ring (bicyclic) bond motifs is 1. The topological polar surface area (TPSA) is 56.8 Å². The quantitative estimate of drug-likeness (QED) is 0.833. The standard InChI is InChI=1S/C19H18ClNO4/c1-23-16-6-4-14(20)11-13(16)3-8-19(22)21-15-5-7-17-18(12-15)25-10-2-9-24-17/h3-8,11-12H,2,9-10H2,1H3,(H,21,22). The minimum absolute atomic E-state index is 0.267. The number of carbonyl (C=O) groups excluding carboxylic acids is 1. The fourth-order valence-corrected chi connectivity index (χ4v) is 2.61. The molecule has 2 aromatic rings. The van der Waals surface area contributed by atoms with Crippen molar-refractivity contribution in [1.29, 1.82) is 0 Å². The molecule has 1 N–H and O–H groups in total. The normalized spacial score (nSPS) is 13.4. The van der Waals surface area contributed by atoms with Gasteiger partial charge in [0, 0.05) is 34.8 Å². The molecule has 0 fully saturated rings. The lowest BCUT2D eigenvalue weighted by atomic mass is 10.2. The van der Waals surface area contributed by atoms with Gasteiger partial charge in [-0.15, -0.1) is 0 Å². The number of hydrogen-bond donors (Lipinski definition) is 1. The highest BCUT2D eigenvalue weighted by molar-refractivity contribution is 6.30. The molecule has 6 heteroatoms. The zero-order chi connectivity index (χ0) is 17.6. The molecule has 0 aromatic heterocycles. The molecule has 1 aliphatic rings. The van der Waals surface area contributed by atoms with E-state index in [0.29, 0.717) is 41.2 Å². The third-order valence-electron chi connectivity index (χ3n) is 3.62. The molecule has 0 unspecified atom stereocenters. The molecule has 130 valence electrons. The largest absolute Gasteiger partial charge is 0.496 e. The summed E-state index contributed by atoms with van der Waals surface area (Å²) in [5, 5.41) is 3.37. The number of carbonyl (C=O) groups is 1. The minimum Gasteiger partial charge on any atom is -0.496 e. The van der Waals surface area contributed by atoms with E-state index in [4.69, 9.17) is 25.8 Å². The highest BCUT2D eigenvalue weighted by Gasteiger charge is 2.11. The zero-order valence-corrected chi connectivity index (χ0v) is 14.5. The maximum atomic E-state index is 12.2. The van der Waals surface area contributed by atoms with Gasteiger partial charge in [-0.05, 0) is 36.4 Å². The van der Waals surface area contributed by atoms with Crippen LogP contribution in [0.15, 0.2) is 42.5 Å². The smallest absolute Gasteiger partial charge is 0.248 e. The number of halogens is 1. The summed E-state index contributed by atoms with van der Waals surface area (Å²) in [5.74, 6) is 1.70. The van der Waals surface area contributed by atoms with Gasteiger partial charge in [-0.2, -0.15) is 0 Å². The Hall–Kier alpha value is -2.66. The van der Waals surface area contributed by atoms with Crippen molar-refractivity contribution in [3.63, 3.8) is 0 Å². The van der Waals surface area contributed by atoms with E-state index >= 15 is 0 Å². The fourth-order valence-electron chi connectivity index (χ4n) is 2.43. The van der Waals surface area contributed by atoms with Crippen LogP contribution in [-0.4, -0.2) is 26.2 Å². The second-order valence-electron chi connectivity index (χ2n) is 5.42. The summed E-state index contributed by atoms with van der Waals surface area (Å²) in [7, 11) is 1.57. The zero-order valence-electron chi connectivity index (χ0n) is 13.8. The van der Waals surface area contributed by atoms with Gasteiger partial charge < -0.3 is 19.5 Å². The lowest BCUT2D eigenvalue weighted by Gasteiger charge is -2.09. The van der Waals surface area contributed by atoms with Gasteiger partial charge in [0.2, 0.25) is 5.91 Å². The number of ether oxygens (including phenoxy) is 3. The van der Waals surface area contributed by atoms with E-state index in [1.807, 2.05) is 0 Å². The van der Waals surface area contributed by atoms with Gasteiger partial charge in [0.25, 0.3) is 0 Å². The Balaban J connectivity index is 1.70. The molecule has 0 bridgehead atoms. The predicted octanol–water partition coefficient (Wildman–Crippen LogP) is 4.16. The summed E-state index contributed by atoms with van der Waals surface area (Å²) in [6.07, 6.45) is 3.92. The van der Waals surface area contributed by atoms with Crippen LogP contribution in [0.25, 0.3) is 6.08 Å². The van der Waals surface area contributed by atoms with Crippen molar-refractivity contribution < 1.29 is 19.0 Å². The maximum Gasteiger partial charge on any atom is 0.248 e. The van der Waals surface area contributed by atoms with Crippen LogP contribution in [0, 0.1) is 0 Å². The van der Waals surface area contributed by atoms with Crippen molar-refractivity contribution in [2.75, 3.05) is 25.6 Å². The van der Waals surface area contributed by atoms with E-state index in [1.54, 1.807) is 49.6 Å². The Morgan fingerprint density at radius 1 is 1.16 bits per heavy atom. The Kier molecular flexibility index (Phi) is 5.46. The van der Waals surface area contributed by atoms with E-state index in [9.17, 15) is 4.79 Å². The van der Waals surface area contributed by atoms with Crippen LogP contribution in [0.5, 0.6) is 17.2 Å². The van der Waals surface area contributed by atoms with Crippen LogP contribution in [0.4, 0.5) is 5.69 Å². The van der Waals surface area contributed by atoms with E-state index in [0.717, 1.165) is 12.0 Å². The summed E-state index contributed by atoms with van der Waals surface area (Å²) in [6, 6.07) is 10.5. The first kappa shape index (κ1) is 17.2. The van der Waals surface area contributed by atoms with Gasteiger partial charge in [0.1, 0.15) is 5.75 Å². The van der Waals surface area contributed by atoms with E-state index in [2.05, 4.69) is 5.32 Å². The van der Waals surface area contributed by atoms with Crippen molar-refractivity contribution in [3.8, 4) is 17.2 Å². The van der Waals surface area contributed by atoms with Crippen LogP contribution in [0.2, 0.25) is 5.02 Å². The Bertz CT molecular complexity index is 804. The second-order valence-corrected chi connectivity index (χ2v) is 5.86. The molecule has 5 nitrogen and oxygen atoms in total. The van der Waals surface area contributed by atoms with Crippen LogP contribution < -0.4 is 19.5 Å². The van der Waals surface area contributed by atoms with Gasteiger partial charge in [-0.25, -0.2) is 0 Å². The van der Waals surface area contributed by atoms with E-state index in [-0.39, 0.29) is 5.91 Å². The molecule has 0 atom stereocenters. The molecule has 0 saturated heterocycles. The Morgan fingerprint density at radius 3 is 2.76 bits per heavy atom. The molecular weight excluding hydrogens is 342 g/mol. The average Bonchev–Trinajstić information content (AvgIpc) is 2.85. The minimum atomic E-state index is -0.267. The van der Waals surface area contributed by atoms with Crippen molar-refractivity contribution in [3.05, 3.63) is 53.1 Å². The molecule has 1 heterocycles. The highest BCUT2D eigenvalue weighted by Crippen LogP contribution is 2.32. The summed E-state index contributed by atoms with van der Waals surface area (Å²) in [4.78, 5) is 12.2. The summed E-state index contributed by atoms with van der Waals surface area (Å²) >= 11 is 5.98. The van der Waals surface area contributed by atoms with Crippen molar-refractivity contribution in [1.82, 2.24) is 0 Å². The highest BCUT2D eigenvalue weighted by atomic mass is 35.5. The second kappa shape index (κ2) is 7.94. The number of amides is 1. The van der Waals surface area contributed by atoms with Gasteiger partial charge in [0.05, 0.1) is 20.3 Å². The first-order valence-corrected chi connectivity index (χ1v) is 8.26. The number of benzene rings is 2. The van der Waals surface area contributed by atoms with Gasteiger partial charge in [-0.1, -0.05) is 11.6 Å². The number of rotatable bonds is 4. The molecule has 0 aliphatic carbocycles. The molecule has 25 heavy (non-hydrogen) atoms. The van der Waals surface area contributed by atoms with Gasteiger partial charge >= 0.3 is 0 Å². The number of nitrogens with one attached hydrogen (secondary N) is 1. The summed E-state index contributed by atoms with van der Waals surface area (Å²) in [6.45, 7) is 1.22. The van der Waals surface area contributed by atoms with Crippen LogP contribution in [-0.2, 0) is 4.79 Å². The first-order valence-electron chi connectivity index (χ1n) is 7.88. The number of hydrogen-bond acceptors (Lipinski definition) is 4. The Labute approximate surface area is 151 Å². The van der Waals surface area contributed by atoms with Crippen molar-refractivity contribution in [2.45, 2.75) is 6.42 Å². The third-order valence-corrected chi connectivity index (χ3v) is 3.86. The lowest BCUT2D eigenvalue weighted by molar-refractivity contribution is -0.111. The first-order chi connectivity index (χ1) is 12.2. The SMILES string of the molecule is COc1ccc(Cl)cc1C=CC(=O)Nc1ccc2c(c1)OCCCO2. The van der Waals surface area contributed by atoms with Gasteiger partial charge in [-0.3, -0.25) is 4.79 Å². The predicted molar refractivity (Wildman–Crippen MR) is 97.7 cm³/mol. The van der Waals surface area contributed by atoms with E-state index < -0.39 is 0 Å². The molecular formula is C19H18ClNO4. The molecule has 1 amide bonds. The molecule has 0 spiro atoms. The molecule has 1 aliphatic heterocycles. The third kappa shape index (κ3) is 4.45. The van der Waals surface area contributed by atoms with Crippen LogP contribution in [0.3, 0.4) is 0 Å². The lowest BCUT2D eigenvalue weighted by Crippen LogP contribution is -2.08. The van der Waals surface area contributed by atoms with E-state index in [1.165, 1.54) is 6.08 Å². The summed E-state index contributed by atoms with van der Waals surface area (Å²) < 4.78 is 16.4. The van der Waals surface area contributed by atoms with Crippen LogP contribution in [0.1, 0.15) is 12.0 Å². The monoisotopic (exact) mass is 359 g/mol. The van der Waals surface area contributed by atoms with Crippen molar-refractivity contribution in [2.24, 2.45) is 0 Å². The van der Waals surface area contributed by atoms with Crippen LogP contribution >= 0.6 is 11.6 Å². The summed E-state index contributed by atoms with van der Waals surface area (Å²) in [5.41, 5.74) is 1.36. The average molecular weight is 360 g/mol. The molecule has 2 aromatic carbocycles. The number of methoxy groups -OCH3 is 1. The molecule has 3 rings (SSSR count). The molecule has 0 radical (unpaired) electrons.